The van der Waals surface area contributed by atoms with Gasteiger partial charge in [0, 0.05) is 13.1 Å². The molecule has 0 amide bonds. The molecule has 1 aliphatic heterocycles. The lowest BCUT2D eigenvalue weighted by molar-refractivity contribution is 0.544. The highest BCUT2D eigenvalue weighted by Gasteiger charge is 2.28. The summed E-state index contributed by atoms with van der Waals surface area (Å²) in [7, 11) is -2.88. The first kappa shape index (κ1) is 10.6. The topological polar surface area (TPSA) is 46.2 Å². The first-order valence-electron chi connectivity index (χ1n) is 5.15. The molecule has 1 aromatic carbocycles. The summed E-state index contributed by atoms with van der Waals surface area (Å²) < 4.78 is 23.5. The van der Waals surface area contributed by atoms with E-state index in [1.807, 2.05) is 30.3 Å². The zero-order valence-electron chi connectivity index (χ0n) is 8.52. The van der Waals surface area contributed by atoms with Crippen molar-refractivity contribution in [1.82, 2.24) is 5.32 Å². The van der Waals surface area contributed by atoms with E-state index in [1.165, 1.54) is 0 Å². The Labute approximate surface area is 90.4 Å². The first-order chi connectivity index (χ1) is 7.18. The number of sulfone groups is 1. The molecule has 1 unspecified atom stereocenters. The Morgan fingerprint density at radius 3 is 2.67 bits per heavy atom. The predicted octanol–water partition coefficient (Wildman–Crippen LogP) is 0.616. The zero-order chi connectivity index (χ0) is 10.7. The van der Waals surface area contributed by atoms with Crippen LogP contribution in [0.15, 0.2) is 30.3 Å². The molecule has 82 valence electrons. The Bertz CT molecular complexity index is 413. The van der Waals surface area contributed by atoms with Crippen molar-refractivity contribution in [3.63, 3.8) is 0 Å². The van der Waals surface area contributed by atoms with Crippen LogP contribution in [0.25, 0.3) is 0 Å². The van der Waals surface area contributed by atoms with Gasteiger partial charge in [0.25, 0.3) is 0 Å². The van der Waals surface area contributed by atoms with Crippen LogP contribution in [-0.2, 0) is 16.3 Å². The Balaban J connectivity index is 2.12. The van der Waals surface area contributed by atoms with Gasteiger partial charge in [0.15, 0.2) is 9.84 Å². The highest BCUT2D eigenvalue weighted by atomic mass is 32.2. The molecule has 1 N–H and O–H groups in total. The van der Waals surface area contributed by atoms with Crippen LogP contribution in [0.1, 0.15) is 5.56 Å². The molecule has 0 saturated carbocycles. The second kappa shape index (κ2) is 4.33. The average molecular weight is 225 g/mol. The van der Waals surface area contributed by atoms with E-state index in [2.05, 4.69) is 5.32 Å². The third-order valence-corrected chi connectivity index (χ3v) is 4.87. The van der Waals surface area contributed by atoms with Gasteiger partial charge >= 0.3 is 0 Å². The van der Waals surface area contributed by atoms with Crippen LogP contribution >= 0.6 is 0 Å². The fourth-order valence-electron chi connectivity index (χ4n) is 1.85. The van der Waals surface area contributed by atoms with Crippen molar-refractivity contribution in [3.8, 4) is 0 Å². The molecular formula is C11H15NO2S. The molecule has 0 radical (unpaired) electrons. The molecule has 1 heterocycles. The van der Waals surface area contributed by atoms with Crippen LogP contribution in [0, 0.1) is 0 Å². The first-order valence-corrected chi connectivity index (χ1v) is 6.86. The summed E-state index contributed by atoms with van der Waals surface area (Å²) in [6.07, 6.45) is 0.621. The monoisotopic (exact) mass is 225 g/mol. The molecule has 0 bridgehead atoms. The van der Waals surface area contributed by atoms with Gasteiger partial charge in [-0.25, -0.2) is 8.42 Å². The molecule has 0 aromatic heterocycles. The van der Waals surface area contributed by atoms with Gasteiger partial charge in [0.05, 0.1) is 11.0 Å². The van der Waals surface area contributed by atoms with Crippen molar-refractivity contribution < 1.29 is 8.42 Å². The summed E-state index contributed by atoms with van der Waals surface area (Å²) in [6, 6.07) is 9.78. The summed E-state index contributed by atoms with van der Waals surface area (Å²) in [5.74, 6) is 0.268. The maximum atomic E-state index is 11.7. The van der Waals surface area contributed by atoms with E-state index in [4.69, 9.17) is 0 Å². The van der Waals surface area contributed by atoms with E-state index >= 15 is 0 Å². The van der Waals surface area contributed by atoms with Gasteiger partial charge < -0.3 is 5.32 Å². The van der Waals surface area contributed by atoms with Crippen molar-refractivity contribution in [1.29, 1.82) is 0 Å². The van der Waals surface area contributed by atoms with Crippen LogP contribution in [0.2, 0.25) is 0 Å². The van der Waals surface area contributed by atoms with Gasteiger partial charge in [-0.2, -0.15) is 0 Å². The minimum absolute atomic E-state index is 0.256. The van der Waals surface area contributed by atoms with Crippen molar-refractivity contribution in [2.45, 2.75) is 11.7 Å². The summed E-state index contributed by atoms with van der Waals surface area (Å²) in [5, 5.41) is 2.88. The van der Waals surface area contributed by atoms with Gasteiger partial charge in [-0.1, -0.05) is 30.3 Å². The standard InChI is InChI=1S/C11H15NO2S/c13-15(14)7-6-12-9-11(15)8-10-4-2-1-3-5-10/h1-5,11-12H,6-9H2. The smallest absolute Gasteiger partial charge is 0.155 e. The molecule has 4 heteroatoms. The normalized spacial score (nSPS) is 24.9. The largest absolute Gasteiger partial charge is 0.314 e. The molecule has 3 nitrogen and oxygen atoms in total. The summed E-state index contributed by atoms with van der Waals surface area (Å²) in [4.78, 5) is 0. The van der Waals surface area contributed by atoms with Gasteiger partial charge in [-0.05, 0) is 12.0 Å². The number of hydrogen-bond acceptors (Lipinski definition) is 3. The highest BCUT2D eigenvalue weighted by molar-refractivity contribution is 7.92. The third-order valence-electron chi connectivity index (χ3n) is 2.75. The van der Waals surface area contributed by atoms with Gasteiger partial charge in [-0.3, -0.25) is 0 Å². The van der Waals surface area contributed by atoms with E-state index in [1.54, 1.807) is 0 Å². The number of rotatable bonds is 2. The molecule has 2 rings (SSSR count). The third kappa shape index (κ3) is 2.58. The Morgan fingerprint density at radius 2 is 2.00 bits per heavy atom. The lowest BCUT2D eigenvalue weighted by Crippen LogP contribution is -2.44. The molecular weight excluding hydrogens is 210 g/mol. The molecule has 1 aromatic rings. The predicted molar refractivity (Wildman–Crippen MR) is 60.6 cm³/mol. The molecule has 1 aliphatic rings. The van der Waals surface area contributed by atoms with Crippen LogP contribution in [0.4, 0.5) is 0 Å². The second-order valence-electron chi connectivity index (χ2n) is 3.88. The van der Waals surface area contributed by atoms with E-state index in [0.29, 0.717) is 19.5 Å². The van der Waals surface area contributed by atoms with Gasteiger partial charge in [0.2, 0.25) is 0 Å². The maximum absolute atomic E-state index is 11.7. The van der Waals surface area contributed by atoms with Crippen molar-refractivity contribution >= 4 is 9.84 Å². The fraction of sp³-hybridized carbons (Fsp3) is 0.455. The molecule has 0 aliphatic carbocycles. The maximum Gasteiger partial charge on any atom is 0.155 e. The lowest BCUT2D eigenvalue weighted by Gasteiger charge is -2.23. The summed E-state index contributed by atoms with van der Waals surface area (Å²) in [6.45, 7) is 1.17. The second-order valence-corrected chi connectivity index (χ2v) is 6.28. The number of benzene rings is 1. The Kier molecular flexibility index (Phi) is 3.07. The van der Waals surface area contributed by atoms with Crippen LogP contribution < -0.4 is 5.32 Å². The van der Waals surface area contributed by atoms with Gasteiger partial charge in [-0.15, -0.1) is 0 Å². The van der Waals surface area contributed by atoms with Crippen molar-refractivity contribution in [2.75, 3.05) is 18.8 Å². The number of nitrogens with one attached hydrogen (secondary N) is 1. The highest BCUT2D eigenvalue weighted by Crippen LogP contribution is 2.12. The summed E-state index contributed by atoms with van der Waals surface area (Å²) in [5.41, 5.74) is 1.09. The molecule has 1 fully saturated rings. The van der Waals surface area contributed by atoms with E-state index in [0.717, 1.165) is 5.56 Å². The van der Waals surface area contributed by atoms with Crippen LogP contribution in [0.3, 0.4) is 0 Å². The van der Waals surface area contributed by atoms with Gasteiger partial charge in [0.1, 0.15) is 0 Å². The number of hydrogen-bond donors (Lipinski definition) is 1. The molecule has 0 spiro atoms. The lowest BCUT2D eigenvalue weighted by atomic mass is 10.1. The van der Waals surface area contributed by atoms with Crippen molar-refractivity contribution in [2.24, 2.45) is 0 Å². The SMILES string of the molecule is O=S1(=O)CCNCC1Cc1ccccc1. The summed E-state index contributed by atoms with van der Waals surface area (Å²) >= 11 is 0. The van der Waals surface area contributed by atoms with E-state index < -0.39 is 9.84 Å². The van der Waals surface area contributed by atoms with Crippen molar-refractivity contribution in [3.05, 3.63) is 35.9 Å². The molecule has 1 saturated heterocycles. The zero-order valence-corrected chi connectivity index (χ0v) is 9.33. The van der Waals surface area contributed by atoms with Crippen LogP contribution in [-0.4, -0.2) is 32.5 Å². The molecule has 1 atom stereocenters. The quantitative estimate of drug-likeness (QED) is 0.802. The minimum atomic E-state index is -2.88. The Morgan fingerprint density at radius 1 is 1.27 bits per heavy atom. The van der Waals surface area contributed by atoms with E-state index in [9.17, 15) is 8.42 Å². The molecule has 15 heavy (non-hydrogen) atoms. The van der Waals surface area contributed by atoms with Crippen LogP contribution in [0.5, 0.6) is 0 Å². The minimum Gasteiger partial charge on any atom is -0.314 e. The Hall–Kier alpha value is -0.870. The fourth-order valence-corrected chi connectivity index (χ4v) is 3.43. The average Bonchev–Trinajstić information content (AvgIpc) is 2.23. The van der Waals surface area contributed by atoms with E-state index in [-0.39, 0.29) is 11.0 Å².